The first-order chi connectivity index (χ1) is 9.33. The lowest BCUT2D eigenvalue weighted by atomic mass is 9.62. The monoisotopic (exact) mass is 258 g/mol. The van der Waals surface area contributed by atoms with Crippen molar-refractivity contribution in [3.05, 3.63) is 0 Å². The third kappa shape index (κ3) is 1.24. The van der Waals surface area contributed by atoms with Gasteiger partial charge in [0.2, 0.25) is 0 Å². The van der Waals surface area contributed by atoms with Gasteiger partial charge in [0.15, 0.2) is 0 Å². The van der Waals surface area contributed by atoms with Crippen LogP contribution in [0, 0.1) is 59.2 Å². The Hall–Kier alpha value is 0. The Balaban J connectivity index is 1.52. The Kier molecular flexibility index (Phi) is 2.33. The van der Waals surface area contributed by atoms with E-state index < -0.39 is 0 Å². The fourth-order valence-corrected chi connectivity index (χ4v) is 8.59. The van der Waals surface area contributed by atoms with Crippen LogP contribution in [0.2, 0.25) is 0 Å². The first-order valence-corrected chi connectivity index (χ1v) is 9.33. The van der Waals surface area contributed by atoms with Crippen LogP contribution in [0.3, 0.4) is 0 Å². The van der Waals surface area contributed by atoms with Gasteiger partial charge in [-0.05, 0) is 91.3 Å². The molecule has 5 aliphatic rings. The quantitative estimate of drug-likeness (QED) is 0.612. The average molecular weight is 258 g/mol. The van der Waals surface area contributed by atoms with Crippen molar-refractivity contribution < 1.29 is 0 Å². The standard InChI is InChI=1S/C19H30/c1-3-10-7-11(4-2)17-15-9-14(16(10)17)18-12-5-6-13(8-12)19(15)18/h10-19H,3-9H2,1-2H3. The minimum absolute atomic E-state index is 1.12. The molecule has 0 radical (unpaired) electrons. The molecule has 0 heterocycles. The van der Waals surface area contributed by atoms with Crippen LogP contribution in [-0.4, -0.2) is 0 Å². The normalized spacial score (nSPS) is 64.7. The third-order valence-electron chi connectivity index (χ3n) is 8.76. The Morgan fingerprint density at radius 1 is 0.632 bits per heavy atom. The van der Waals surface area contributed by atoms with Crippen LogP contribution in [0.4, 0.5) is 0 Å². The maximum Gasteiger partial charge on any atom is -0.0321 e. The highest BCUT2D eigenvalue weighted by Gasteiger charge is 2.68. The molecule has 0 aromatic heterocycles. The number of fused-ring (bicyclic) bond motifs is 12. The molecule has 5 saturated carbocycles. The number of rotatable bonds is 2. The summed E-state index contributed by atoms with van der Waals surface area (Å²) in [5.74, 6) is 11.8. The smallest absolute Gasteiger partial charge is 0.0321 e. The van der Waals surface area contributed by atoms with Crippen molar-refractivity contribution in [2.24, 2.45) is 59.2 Å². The van der Waals surface area contributed by atoms with Crippen LogP contribution >= 0.6 is 0 Å². The molecule has 10 atom stereocenters. The molecule has 10 unspecified atom stereocenters. The average Bonchev–Trinajstić information content (AvgIpc) is 3.19. The number of hydrogen-bond acceptors (Lipinski definition) is 0. The van der Waals surface area contributed by atoms with E-state index in [4.69, 9.17) is 0 Å². The maximum atomic E-state index is 2.48. The first kappa shape index (κ1) is 11.6. The third-order valence-corrected chi connectivity index (χ3v) is 8.76. The van der Waals surface area contributed by atoms with E-state index in [1.165, 1.54) is 60.2 Å². The van der Waals surface area contributed by atoms with Gasteiger partial charge in [0, 0.05) is 0 Å². The van der Waals surface area contributed by atoms with Gasteiger partial charge >= 0.3 is 0 Å². The highest BCUT2D eigenvalue weighted by atomic mass is 14.7. The molecule has 19 heavy (non-hydrogen) atoms. The van der Waals surface area contributed by atoms with Crippen molar-refractivity contribution in [1.29, 1.82) is 0 Å². The fourth-order valence-electron chi connectivity index (χ4n) is 8.59. The molecule has 0 spiro atoms. The van der Waals surface area contributed by atoms with E-state index in [-0.39, 0.29) is 0 Å². The van der Waals surface area contributed by atoms with E-state index in [9.17, 15) is 0 Å². The molecule has 5 rings (SSSR count). The topological polar surface area (TPSA) is 0 Å². The highest BCUT2D eigenvalue weighted by molar-refractivity contribution is 5.16. The highest BCUT2D eigenvalue weighted by Crippen LogP contribution is 2.74. The van der Waals surface area contributed by atoms with Crippen molar-refractivity contribution in [3.8, 4) is 0 Å². The largest absolute Gasteiger partial charge is 0.0651 e. The molecule has 5 aliphatic carbocycles. The molecule has 0 heteroatoms. The molecular formula is C19H30. The van der Waals surface area contributed by atoms with Gasteiger partial charge in [0.25, 0.3) is 0 Å². The van der Waals surface area contributed by atoms with Gasteiger partial charge < -0.3 is 0 Å². The zero-order chi connectivity index (χ0) is 12.7. The summed E-state index contributed by atoms with van der Waals surface area (Å²) in [6.45, 7) is 4.95. The van der Waals surface area contributed by atoms with E-state index in [1.54, 1.807) is 32.1 Å². The molecule has 0 N–H and O–H groups in total. The summed E-state index contributed by atoms with van der Waals surface area (Å²) in [6.07, 6.45) is 11.1. The van der Waals surface area contributed by atoms with Crippen molar-refractivity contribution in [2.45, 2.75) is 58.8 Å². The van der Waals surface area contributed by atoms with E-state index in [2.05, 4.69) is 13.8 Å². The summed E-state index contributed by atoms with van der Waals surface area (Å²) in [5.41, 5.74) is 0. The zero-order valence-corrected chi connectivity index (χ0v) is 12.7. The molecule has 0 aromatic carbocycles. The van der Waals surface area contributed by atoms with E-state index in [1.807, 2.05) is 0 Å². The van der Waals surface area contributed by atoms with Gasteiger partial charge in [-0.1, -0.05) is 26.7 Å². The molecule has 0 saturated heterocycles. The van der Waals surface area contributed by atoms with Crippen molar-refractivity contribution in [1.82, 2.24) is 0 Å². The summed E-state index contributed by atoms with van der Waals surface area (Å²) in [7, 11) is 0. The Bertz CT molecular complexity index is 351. The Morgan fingerprint density at radius 2 is 1.16 bits per heavy atom. The Labute approximate surface area is 118 Å². The van der Waals surface area contributed by atoms with Crippen LogP contribution < -0.4 is 0 Å². The lowest BCUT2D eigenvalue weighted by Crippen LogP contribution is -2.39. The van der Waals surface area contributed by atoms with Crippen LogP contribution in [0.5, 0.6) is 0 Å². The second kappa shape index (κ2) is 3.80. The summed E-state index contributed by atoms with van der Waals surface area (Å²) in [4.78, 5) is 0. The van der Waals surface area contributed by atoms with E-state index in [0.717, 1.165) is 11.8 Å². The van der Waals surface area contributed by atoms with Crippen LogP contribution in [0.1, 0.15) is 58.8 Å². The van der Waals surface area contributed by atoms with Crippen LogP contribution in [-0.2, 0) is 0 Å². The predicted octanol–water partition coefficient (Wildman–Crippen LogP) is 4.99. The minimum atomic E-state index is 1.12. The zero-order valence-electron chi connectivity index (χ0n) is 12.7. The molecule has 0 amide bonds. The SMILES string of the molecule is CCC1CC(CC)C2C3CC(C12)C1C2CCC(C2)C31. The lowest BCUT2D eigenvalue weighted by Gasteiger charge is -2.43. The summed E-state index contributed by atoms with van der Waals surface area (Å²) < 4.78 is 0. The molecule has 0 aliphatic heterocycles. The lowest BCUT2D eigenvalue weighted by molar-refractivity contribution is 0.0422. The van der Waals surface area contributed by atoms with Crippen molar-refractivity contribution in [2.75, 3.05) is 0 Å². The van der Waals surface area contributed by atoms with Gasteiger partial charge in [-0.3, -0.25) is 0 Å². The Morgan fingerprint density at radius 3 is 1.63 bits per heavy atom. The molecule has 0 aromatic rings. The second-order valence-corrected chi connectivity index (χ2v) is 8.78. The van der Waals surface area contributed by atoms with Crippen LogP contribution in [0.25, 0.3) is 0 Å². The van der Waals surface area contributed by atoms with Gasteiger partial charge in [-0.25, -0.2) is 0 Å². The van der Waals surface area contributed by atoms with Crippen molar-refractivity contribution >= 4 is 0 Å². The number of hydrogen-bond donors (Lipinski definition) is 0. The minimum Gasteiger partial charge on any atom is -0.0651 e. The van der Waals surface area contributed by atoms with Gasteiger partial charge in [0.05, 0.1) is 0 Å². The van der Waals surface area contributed by atoms with E-state index in [0.29, 0.717) is 0 Å². The predicted molar refractivity (Wildman–Crippen MR) is 78.6 cm³/mol. The van der Waals surface area contributed by atoms with Crippen molar-refractivity contribution in [3.63, 3.8) is 0 Å². The van der Waals surface area contributed by atoms with Crippen LogP contribution in [0.15, 0.2) is 0 Å². The first-order valence-electron chi connectivity index (χ1n) is 9.33. The van der Waals surface area contributed by atoms with Gasteiger partial charge in [-0.15, -0.1) is 0 Å². The summed E-state index contributed by atoms with van der Waals surface area (Å²) in [6, 6.07) is 0. The maximum absolute atomic E-state index is 2.48. The molecular weight excluding hydrogens is 228 g/mol. The fraction of sp³-hybridized carbons (Fsp3) is 1.00. The summed E-state index contributed by atoms with van der Waals surface area (Å²) in [5, 5.41) is 0. The second-order valence-electron chi connectivity index (χ2n) is 8.78. The summed E-state index contributed by atoms with van der Waals surface area (Å²) >= 11 is 0. The van der Waals surface area contributed by atoms with E-state index >= 15 is 0 Å². The molecule has 106 valence electrons. The molecule has 0 nitrogen and oxygen atoms in total. The molecule has 4 bridgehead atoms. The van der Waals surface area contributed by atoms with Gasteiger partial charge in [0.1, 0.15) is 0 Å². The van der Waals surface area contributed by atoms with Gasteiger partial charge in [-0.2, -0.15) is 0 Å². The molecule has 5 fully saturated rings.